The molecule has 0 saturated carbocycles. The summed E-state index contributed by atoms with van der Waals surface area (Å²) in [5.41, 5.74) is 2.93. The lowest BCUT2D eigenvalue weighted by molar-refractivity contribution is -0.120. The highest BCUT2D eigenvalue weighted by molar-refractivity contribution is 7.92. The quantitative estimate of drug-likeness (QED) is 0.484. The summed E-state index contributed by atoms with van der Waals surface area (Å²) in [4.78, 5) is 13.0. The normalized spacial score (nSPS) is 12.2. The Morgan fingerprint density at radius 3 is 2.24 bits per heavy atom. The van der Waals surface area contributed by atoms with Crippen molar-refractivity contribution in [2.75, 3.05) is 18.0 Å². The molecule has 0 aromatic heterocycles. The number of benzene rings is 3. The Kier molecular flexibility index (Phi) is 7.66. The summed E-state index contributed by atoms with van der Waals surface area (Å²) in [5, 5.41) is 3.29. The van der Waals surface area contributed by atoms with Crippen molar-refractivity contribution >= 4 is 33.2 Å². The average Bonchev–Trinajstić information content (AvgIpc) is 2.79. The largest absolute Gasteiger partial charge is 0.497 e. The molecule has 0 saturated heterocycles. The molecule has 6 nitrogen and oxygen atoms in total. The van der Waals surface area contributed by atoms with Crippen LogP contribution >= 0.6 is 11.6 Å². The molecule has 0 fully saturated rings. The number of amides is 1. The van der Waals surface area contributed by atoms with Crippen molar-refractivity contribution in [1.82, 2.24) is 5.32 Å². The third-order valence-electron chi connectivity index (χ3n) is 5.33. The van der Waals surface area contributed by atoms with Gasteiger partial charge in [0.05, 0.1) is 23.7 Å². The summed E-state index contributed by atoms with van der Waals surface area (Å²) in [7, 11) is -2.42. The Morgan fingerprint density at radius 2 is 1.67 bits per heavy atom. The first-order valence-electron chi connectivity index (χ1n) is 10.4. The van der Waals surface area contributed by atoms with Crippen LogP contribution in [0, 0.1) is 13.8 Å². The molecule has 1 N–H and O–H groups in total. The lowest BCUT2D eigenvalue weighted by Gasteiger charge is -2.25. The Balaban J connectivity index is 1.89. The number of methoxy groups -OCH3 is 1. The van der Waals surface area contributed by atoms with E-state index < -0.39 is 22.5 Å². The van der Waals surface area contributed by atoms with E-state index in [9.17, 15) is 13.2 Å². The first-order chi connectivity index (χ1) is 15.6. The molecule has 0 aliphatic rings. The van der Waals surface area contributed by atoms with Crippen molar-refractivity contribution in [3.8, 4) is 5.75 Å². The summed E-state index contributed by atoms with van der Waals surface area (Å²) in [6.07, 6.45) is 0. The van der Waals surface area contributed by atoms with Crippen LogP contribution in [-0.2, 0) is 14.8 Å². The monoisotopic (exact) mass is 486 g/mol. The number of halogens is 1. The molecule has 1 amide bonds. The molecule has 0 aliphatic carbocycles. The van der Waals surface area contributed by atoms with Gasteiger partial charge < -0.3 is 10.1 Å². The molecule has 0 radical (unpaired) electrons. The zero-order valence-corrected chi connectivity index (χ0v) is 20.6. The Bertz CT molecular complexity index is 1230. The predicted molar refractivity (Wildman–Crippen MR) is 131 cm³/mol. The minimum absolute atomic E-state index is 0.0980. The minimum atomic E-state index is -4.01. The molecular weight excluding hydrogens is 460 g/mol. The summed E-state index contributed by atoms with van der Waals surface area (Å²) in [6, 6.07) is 18.4. The topological polar surface area (TPSA) is 75.7 Å². The second-order valence-electron chi connectivity index (χ2n) is 7.82. The number of carbonyl (C=O) groups excluding carboxylic acids is 1. The van der Waals surface area contributed by atoms with Crippen LogP contribution in [0.5, 0.6) is 5.75 Å². The van der Waals surface area contributed by atoms with Gasteiger partial charge in [0.25, 0.3) is 10.0 Å². The highest BCUT2D eigenvalue weighted by Gasteiger charge is 2.28. The number of hydrogen-bond acceptors (Lipinski definition) is 4. The molecule has 174 valence electrons. The van der Waals surface area contributed by atoms with Crippen LogP contribution in [-0.4, -0.2) is 28.0 Å². The van der Waals surface area contributed by atoms with Crippen molar-refractivity contribution in [2.24, 2.45) is 0 Å². The van der Waals surface area contributed by atoms with E-state index in [2.05, 4.69) is 5.32 Å². The maximum atomic E-state index is 13.5. The number of nitrogens with one attached hydrogen (secondary N) is 1. The van der Waals surface area contributed by atoms with Gasteiger partial charge in [0, 0.05) is 5.02 Å². The van der Waals surface area contributed by atoms with Crippen LogP contribution in [0.2, 0.25) is 5.02 Å². The fraction of sp³-hybridized carbons (Fsp3) is 0.240. The number of rotatable bonds is 8. The zero-order valence-electron chi connectivity index (χ0n) is 19.0. The number of hydrogen-bond donors (Lipinski definition) is 1. The van der Waals surface area contributed by atoms with Crippen molar-refractivity contribution in [3.05, 3.63) is 88.4 Å². The van der Waals surface area contributed by atoms with Crippen LogP contribution in [0.25, 0.3) is 0 Å². The number of sulfonamides is 1. The summed E-state index contributed by atoms with van der Waals surface area (Å²) < 4.78 is 33.2. The van der Waals surface area contributed by atoms with Crippen LogP contribution in [0.3, 0.4) is 0 Å². The molecule has 0 aliphatic heterocycles. The van der Waals surface area contributed by atoms with E-state index in [0.717, 1.165) is 21.0 Å². The second kappa shape index (κ2) is 10.3. The van der Waals surface area contributed by atoms with Crippen molar-refractivity contribution in [2.45, 2.75) is 31.7 Å². The number of anilines is 1. The second-order valence-corrected chi connectivity index (χ2v) is 10.1. The van der Waals surface area contributed by atoms with E-state index >= 15 is 0 Å². The Morgan fingerprint density at radius 1 is 1.03 bits per heavy atom. The predicted octanol–water partition coefficient (Wildman–Crippen LogP) is 5.04. The maximum absolute atomic E-state index is 13.5. The molecule has 0 spiro atoms. The minimum Gasteiger partial charge on any atom is -0.497 e. The molecule has 0 unspecified atom stereocenters. The highest BCUT2D eigenvalue weighted by Crippen LogP contribution is 2.28. The van der Waals surface area contributed by atoms with Crippen LogP contribution < -0.4 is 14.4 Å². The van der Waals surface area contributed by atoms with E-state index in [4.69, 9.17) is 16.3 Å². The van der Waals surface area contributed by atoms with E-state index in [0.29, 0.717) is 16.5 Å². The van der Waals surface area contributed by atoms with Gasteiger partial charge in [-0.05, 0) is 68.3 Å². The van der Waals surface area contributed by atoms with Gasteiger partial charge in [-0.25, -0.2) is 8.42 Å². The van der Waals surface area contributed by atoms with Crippen LogP contribution in [0.15, 0.2) is 71.6 Å². The van der Waals surface area contributed by atoms with Gasteiger partial charge in [-0.2, -0.15) is 0 Å². The van der Waals surface area contributed by atoms with Gasteiger partial charge in [0.15, 0.2) is 0 Å². The SMILES string of the molecule is COc1ccc([C@@H](C)NC(=O)CN(c2ccc(C)c(Cl)c2)S(=O)(=O)c2ccc(C)cc2)cc1. The van der Waals surface area contributed by atoms with Gasteiger partial charge in [-0.15, -0.1) is 0 Å². The number of ether oxygens (including phenoxy) is 1. The number of aryl methyl sites for hydroxylation is 2. The molecule has 33 heavy (non-hydrogen) atoms. The lowest BCUT2D eigenvalue weighted by atomic mass is 10.1. The smallest absolute Gasteiger partial charge is 0.264 e. The summed E-state index contributed by atoms with van der Waals surface area (Å²) in [5.74, 6) is 0.273. The van der Waals surface area contributed by atoms with Gasteiger partial charge >= 0.3 is 0 Å². The molecule has 8 heteroatoms. The summed E-state index contributed by atoms with van der Waals surface area (Å²) >= 11 is 6.27. The maximum Gasteiger partial charge on any atom is 0.264 e. The van der Waals surface area contributed by atoms with Gasteiger partial charge in [0.1, 0.15) is 12.3 Å². The fourth-order valence-electron chi connectivity index (χ4n) is 3.28. The molecule has 3 rings (SSSR count). The molecule has 0 bridgehead atoms. The average molecular weight is 487 g/mol. The Hall–Kier alpha value is -3.03. The standard InChI is InChI=1S/C25H27ClN2O4S/c1-17-5-13-23(14-6-17)33(30,31)28(21-10-7-18(2)24(26)15-21)16-25(29)27-19(3)20-8-11-22(32-4)12-9-20/h5-15,19H,16H2,1-4H3,(H,27,29)/t19-/m1/s1. The van der Waals surface area contributed by atoms with E-state index in [1.807, 2.05) is 32.9 Å². The van der Waals surface area contributed by atoms with Crippen LogP contribution in [0.1, 0.15) is 29.7 Å². The highest BCUT2D eigenvalue weighted by atomic mass is 35.5. The third kappa shape index (κ3) is 5.86. The fourth-order valence-corrected chi connectivity index (χ4v) is 4.87. The van der Waals surface area contributed by atoms with Crippen molar-refractivity contribution in [1.29, 1.82) is 0 Å². The number of carbonyl (C=O) groups is 1. The zero-order chi connectivity index (χ0) is 24.2. The summed E-state index contributed by atoms with van der Waals surface area (Å²) in [6.45, 7) is 5.15. The van der Waals surface area contributed by atoms with Gasteiger partial charge in [0.2, 0.25) is 5.91 Å². The molecule has 0 heterocycles. The first-order valence-corrected chi connectivity index (χ1v) is 12.2. The van der Waals surface area contributed by atoms with Crippen molar-refractivity contribution < 1.29 is 17.9 Å². The van der Waals surface area contributed by atoms with Gasteiger partial charge in [-0.3, -0.25) is 9.10 Å². The van der Waals surface area contributed by atoms with E-state index in [-0.39, 0.29) is 10.9 Å². The lowest BCUT2D eigenvalue weighted by Crippen LogP contribution is -2.41. The molecular formula is C25H27ClN2O4S. The molecule has 1 atom stereocenters. The van der Waals surface area contributed by atoms with E-state index in [1.165, 1.54) is 12.1 Å². The molecule has 3 aromatic rings. The first kappa shape index (κ1) is 24.6. The van der Waals surface area contributed by atoms with Crippen LogP contribution in [0.4, 0.5) is 5.69 Å². The number of nitrogens with zero attached hydrogens (tertiary/aromatic N) is 1. The Labute approximate surface area is 200 Å². The molecule has 3 aromatic carbocycles. The van der Waals surface area contributed by atoms with Crippen molar-refractivity contribution in [3.63, 3.8) is 0 Å². The van der Waals surface area contributed by atoms with Gasteiger partial charge in [-0.1, -0.05) is 47.5 Å². The van der Waals surface area contributed by atoms with E-state index in [1.54, 1.807) is 49.6 Å². The third-order valence-corrected chi connectivity index (χ3v) is 7.53.